The largest absolute Gasteiger partial charge is 0.381 e. The average Bonchev–Trinajstić information content (AvgIpc) is 2.38. The van der Waals surface area contributed by atoms with E-state index >= 15 is 0 Å². The van der Waals surface area contributed by atoms with E-state index in [-0.39, 0.29) is 0 Å². The van der Waals surface area contributed by atoms with E-state index in [1.54, 1.807) is 0 Å². The van der Waals surface area contributed by atoms with E-state index in [1.165, 1.54) is 37.7 Å². The van der Waals surface area contributed by atoms with Gasteiger partial charge in [0.1, 0.15) is 0 Å². The van der Waals surface area contributed by atoms with Crippen molar-refractivity contribution in [3.63, 3.8) is 0 Å². The van der Waals surface area contributed by atoms with Gasteiger partial charge in [-0.05, 0) is 31.2 Å². The van der Waals surface area contributed by atoms with E-state index in [4.69, 9.17) is 4.74 Å². The third-order valence-electron chi connectivity index (χ3n) is 2.89. The molecule has 1 aromatic carbocycles. The summed E-state index contributed by atoms with van der Waals surface area (Å²) in [5, 5.41) is 0. The summed E-state index contributed by atoms with van der Waals surface area (Å²) in [4.78, 5) is 0. The Bertz CT molecular complexity index is 255. The molecule has 1 heteroatoms. The zero-order chi connectivity index (χ0) is 12.2. The summed E-state index contributed by atoms with van der Waals surface area (Å²) in [6, 6.07) is 10.7. The number of ether oxygens (including phenoxy) is 1. The summed E-state index contributed by atoms with van der Waals surface area (Å²) in [6.45, 7) is 5.60. The molecule has 0 amide bonds. The van der Waals surface area contributed by atoms with Gasteiger partial charge >= 0.3 is 0 Å². The number of hydrogen-bond acceptors (Lipinski definition) is 1. The van der Waals surface area contributed by atoms with Crippen LogP contribution < -0.4 is 0 Å². The van der Waals surface area contributed by atoms with Gasteiger partial charge in [0.15, 0.2) is 0 Å². The van der Waals surface area contributed by atoms with E-state index in [0.717, 1.165) is 26.1 Å². The molecule has 0 aliphatic rings. The zero-order valence-corrected chi connectivity index (χ0v) is 10.9. The topological polar surface area (TPSA) is 9.23 Å². The molecular formula is C16H25O. The second-order valence-corrected chi connectivity index (χ2v) is 4.47. The molecule has 0 unspecified atom stereocenters. The highest BCUT2D eigenvalue weighted by atomic mass is 16.5. The second-order valence-electron chi connectivity index (χ2n) is 4.47. The van der Waals surface area contributed by atoms with Crippen LogP contribution in [-0.4, -0.2) is 13.2 Å². The van der Waals surface area contributed by atoms with Crippen molar-refractivity contribution in [1.82, 2.24) is 0 Å². The van der Waals surface area contributed by atoms with Crippen LogP contribution in [0.25, 0.3) is 0 Å². The number of hydrogen-bond donors (Lipinski definition) is 0. The maximum absolute atomic E-state index is 5.50. The van der Waals surface area contributed by atoms with E-state index < -0.39 is 0 Å². The lowest BCUT2D eigenvalue weighted by Crippen LogP contribution is -1.96. The number of aryl methyl sites for hydroxylation is 1. The Morgan fingerprint density at radius 1 is 0.824 bits per heavy atom. The van der Waals surface area contributed by atoms with E-state index in [1.807, 2.05) is 0 Å². The Morgan fingerprint density at radius 2 is 1.53 bits per heavy atom. The van der Waals surface area contributed by atoms with E-state index in [0.29, 0.717) is 0 Å². The van der Waals surface area contributed by atoms with Crippen LogP contribution in [-0.2, 0) is 11.2 Å². The Morgan fingerprint density at radius 3 is 2.29 bits per heavy atom. The second kappa shape index (κ2) is 10.3. The summed E-state index contributed by atoms with van der Waals surface area (Å²) >= 11 is 0. The zero-order valence-electron chi connectivity index (χ0n) is 10.9. The number of unbranched alkanes of at least 4 members (excludes halogenated alkanes) is 4. The van der Waals surface area contributed by atoms with Crippen molar-refractivity contribution in [2.45, 2.75) is 44.9 Å². The summed E-state index contributed by atoms with van der Waals surface area (Å²) in [7, 11) is 0. The predicted molar refractivity (Wildman–Crippen MR) is 74.0 cm³/mol. The molecule has 17 heavy (non-hydrogen) atoms. The van der Waals surface area contributed by atoms with Gasteiger partial charge in [-0.15, -0.1) is 0 Å². The van der Waals surface area contributed by atoms with Gasteiger partial charge in [-0.3, -0.25) is 0 Å². The lowest BCUT2D eigenvalue weighted by atomic mass is 10.1. The molecule has 1 radical (unpaired) electrons. The predicted octanol–water partition coefficient (Wildman–Crippen LogP) is 4.42. The SMILES string of the molecule is [CH2]CCCOCCCCCCc1ccccc1. The van der Waals surface area contributed by atoms with Crippen LogP contribution >= 0.6 is 0 Å². The molecule has 0 heterocycles. The third-order valence-corrected chi connectivity index (χ3v) is 2.89. The summed E-state index contributed by atoms with van der Waals surface area (Å²) in [5.74, 6) is 0. The first-order chi connectivity index (χ1) is 8.43. The fourth-order valence-corrected chi connectivity index (χ4v) is 1.84. The van der Waals surface area contributed by atoms with Gasteiger partial charge in [0.25, 0.3) is 0 Å². The molecule has 0 saturated carbocycles. The molecule has 0 N–H and O–H groups in total. The summed E-state index contributed by atoms with van der Waals surface area (Å²) in [5.41, 5.74) is 1.46. The van der Waals surface area contributed by atoms with Gasteiger partial charge in [-0.25, -0.2) is 0 Å². The molecular weight excluding hydrogens is 208 g/mol. The Labute approximate surface area is 106 Å². The van der Waals surface area contributed by atoms with E-state index in [9.17, 15) is 0 Å². The highest BCUT2D eigenvalue weighted by Crippen LogP contribution is 2.07. The van der Waals surface area contributed by atoms with Crippen LogP contribution in [0.1, 0.15) is 44.1 Å². The third kappa shape index (κ3) is 7.98. The smallest absolute Gasteiger partial charge is 0.0466 e. The highest BCUT2D eigenvalue weighted by molar-refractivity contribution is 5.14. The van der Waals surface area contributed by atoms with Gasteiger partial charge in [-0.1, -0.05) is 56.5 Å². The fourth-order valence-electron chi connectivity index (χ4n) is 1.84. The minimum atomic E-state index is 0.882. The van der Waals surface area contributed by atoms with Gasteiger partial charge in [0.2, 0.25) is 0 Å². The lowest BCUT2D eigenvalue weighted by Gasteiger charge is -2.03. The molecule has 1 rings (SSSR count). The Balaban J connectivity index is 1.85. The average molecular weight is 233 g/mol. The molecule has 0 spiro atoms. The van der Waals surface area contributed by atoms with Gasteiger partial charge in [0.05, 0.1) is 0 Å². The summed E-state index contributed by atoms with van der Waals surface area (Å²) in [6.07, 6.45) is 8.38. The molecule has 0 bridgehead atoms. The van der Waals surface area contributed by atoms with Crippen molar-refractivity contribution in [3.8, 4) is 0 Å². The molecule has 1 aromatic rings. The van der Waals surface area contributed by atoms with Crippen LogP contribution in [0, 0.1) is 6.92 Å². The molecule has 0 aliphatic heterocycles. The van der Waals surface area contributed by atoms with E-state index in [2.05, 4.69) is 37.3 Å². The number of benzene rings is 1. The standard InChI is InChI=1S/C16H25O/c1-2-3-14-17-15-10-5-4-7-11-16-12-8-6-9-13-16/h6,8-9,12-13H,1-5,7,10-11,14-15H2. The lowest BCUT2D eigenvalue weighted by molar-refractivity contribution is 0.128. The normalized spacial score (nSPS) is 10.6. The van der Waals surface area contributed by atoms with Crippen LogP contribution in [0.5, 0.6) is 0 Å². The Hall–Kier alpha value is -0.820. The monoisotopic (exact) mass is 233 g/mol. The highest BCUT2D eigenvalue weighted by Gasteiger charge is 1.93. The van der Waals surface area contributed by atoms with Gasteiger partial charge in [0, 0.05) is 13.2 Å². The summed E-state index contributed by atoms with van der Waals surface area (Å²) < 4.78 is 5.50. The van der Waals surface area contributed by atoms with Crippen molar-refractivity contribution < 1.29 is 4.74 Å². The van der Waals surface area contributed by atoms with Crippen molar-refractivity contribution in [3.05, 3.63) is 42.8 Å². The molecule has 0 atom stereocenters. The van der Waals surface area contributed by atoms with Crippen LogP contribution in [0.4, 0.5) is 0 Å². The molecule has 1 nitrogen and oxygen atoms in total. The molecule has 0 aromatic heterocycles. The van der Waals surface area contributed by atoms with Crippen molar-refractivity contribution >= 4 is 0 Å². The van der Waals surface area contributed by atoms with Gasteiger partial charge in [-0.2, -0.15) is 0 Å². The van der Waals surface area contributed by atoms with Gasteiger partial charge < -0.3 is 4.74 Å². The minimum Gasteiger partial charge on any atom is -0.381 e. The van der Waals surface area contributed by atoms with Crippen LogP contribution in [0.3, 0.4) is 0 Å². The maximum atomic E-state index is 5.50. The number of rotatable bonds is 10. The Kier molecular flexibility index (Phi) is 8.66. The molecule has 0 saturated heterocycles. The molecule has 0 fully saturated rings. The first kappa shape index (κ1) is 14.2. The molecule has 95 valence electrons. The van der Waals surface area contributed by atoms with Crippen LogP contribution in [0.15, 0.2) is 30.3 Å². The van der Waals surface area contributed by atoms with Crippen molar-refractivity contribution in [2.75, 3.05) is 13.2 Å². The first-order valence-electron chi connectivity index (χ1n) is 6.84. The first-order valence-corrected chi connectivity index (χ1v) is 6.84. The maximum Gasteiger partial charge on any atom is 0.0466 e. The van der Waals surface area contributed by atoms with Crippen molar-refractivity contribution in [1.29, 1.82) is 0 Å². The van der Waals surface area contributed by atoms with Crippen LogP contribution in [0.2, 0.25) is 0 Å². The minimum absolute atomic E-state index is 0.882. The quantitative estimate of drug-likeness (QED) is 0.544. The van der Waals surface area contributed by atoms with Crippen molar-refractivity contribution in [2.24, 2.45) is 0 Å². The molecule has 0 aliphatic carbocycles. The fraction of sp³-hybridized carbons (Fsp3) is 0.562.